The van der Waals surface area contributed by atoms with Gasteiger partial charge in [0.25, 0.3) is 5.91 Å². The van der Waals surface area contributed by atoms with Crippen LogP contribution in [0.3, 0.4) is 0 Å². The number of sulfone groups is 1. The first kappa shape index (κ1) is 18.8. The molecule has 3 rings (SSSR count). The zero-order chi connectivity index (χ0) is 19.6. The standard InChI is InChI=1S/C16H15ClN6O3S/c1-27(25,26)13-5-10(4-11(17)6-13)16(24)20-8-15-21-9-22-23(15)14-3-2-12(18)7-19-14/h2-7,9H,8,18H2,1H3,(H,20,24). The molecule has 0 aliphatic carbocycles. The van der Waals surface area contributed by atoms with Gasteiger partial charge in [0.15, 0.2) is 21.5 Å². The van der Waals surface area contributed by atoms with E-state index in [0.717, 1.165) is 6.26 Å². The van der Waals surface area contributed by atoms with Gasteiger partial charge in [-0.2, -0.15) is 9.78 Å². The van der Waals surface area contributed by atoms with Crippen molar-refractivity contribution >= 4 is 33.0 Å². The average Bonchev–Trinajstić information content (AvgIpc) is 3.07. The van der Waals surface area contributed by atoms with E-state index in [1.807, 2.05) is 0 Å². The van der Waals surface area contributed by atoms with E-state index < -0.39 is 15.7 Å². The number of nitrogens with two attached hydrogens (primary N) is 1. The maximum atomic E-state index is 12.4. The topological polar surface area (TPSA) is 133 Å². The van der Waals surface area contributed by atoms with Crippen molar-refractivity contribution in [1.82, 2.24) is 25.1 Å². The molecule has 0 saturated carbocycles. The summed E-state index contributed by atoms with van der Waals surface area (Å²) in [5.74, 6) is 0.432. The summed E-state index contributed by atoms with van der Waals surface area (Å²) in [5.41, 5.74) is 6.25. The van der Waals surface area contributed by atoms with Crippen molar-refractivity contribution in [2.75, 3.05) is 12.0 Å². The van der Waals surface area contributed by atoms with Gasteiger partial charge in [0.05, 0.1) is 23.3 Å². The number of pyridine rings is 1. The molecule has 0 aliphatic heterocycles. The van der Waals surface area contributed by atoms with E-state index in [4.69, 9.17) is 17.3 Å². The van der Waals surface area contributed by atoms with Crippen LogP contribution in [0.5, 0.6) is 0 Å². The first-order valence-corrected chi connectivity index (χ1v) is 9.90. The molecule has 9 nitrogen and oxygen atoms in total. The van der Waals surface area contributed by atoms with Crippen LogP contribution < -0.4 is 11.1 Å². The van der Waals surface area contributed by atoms with Gasteiger partial charge in [-0.1, -0.05) is 11.6 Å². The number of anilines is 1. The third kappa shape index (κ3) is 4.41. The highest BCUT2D eigenvalue weighted by molar-refractivity contribution is 7.90. The number of nitrogens with zero attached hydrogens (tertiary/aromatic N) is 4. The van der Waals surface area contributed by atoms with Crippen molar-refractivity contribution in [2.45, 2.75) is 11.4 Å². The van der Waals surface area contributed by atoms with E-state index in [-0.39, 0.29) is 22.0 Å². The SMILES string of the molecule is CS(=O)(=O)c1cc(Cl)cc(C(=O)NCc2ncnn2-c2ccc(N)cn2)c1. The Balaban J connectivity index is 1.79. The molecule has 11 heteroatoms. The van der Waals surface area contributed by atoms with Crippen LogP contribution in [0.4, 0.5) is 5.69 Å². The molecule has 1 aromatic carbocycles. The van der Waals surface area contributed by atoms with Gasteiger partial charge in [0.2, 0.25) is 0 Å². The Hall–Kier alpha value is -2.98. The summed E-state index contributed by atoms with van der Waals surface area (Å²) in [6.45, 7) is 0.0472. The van der Waals surface area contributed by atoms with Crippen molar-refractivity contribution < 1.29 is 13.2 Å². The number of hydrogen-bond acceptors (Lipinski definition) is 7. The molecular formula is C16H15ClN6O3S. The van der Waals surface area contributed by atoms with Crippen LogP contribution in [0.1, 0.15) is 16.2 Å². The zero-order valence-electron chi connectivity index (χ0n) is 14.1. The number of rotatable bonds is 5. The van der Waals surface area contributed by atoms with Gasteiger partial charge in [-0.05, 0) is 30.3 Å². The number of aromatic nitrogens is 4. The minimum absolute atomic E-state index is 0.0330. The van der Waals surface area contributed by atoms with Crippen LogP contribution in [0.2, 0.25) is 5.02 Å². The average molecular weight is 407 g/mol. The summed E-state index contributed by atoms with van der Waals surface area (Å²) in [6.07, 6.45) is 3.86. The summed E-state index contributed by atoms with van der Waals surface area (Å²) in [4.78, 5) is 20.6. The third-order valence-electron chi connectivity index (χ3n) is 3.57. The Morgan fingerprint density at radius 1 is 1.26 bits per heavy atom. The minimum atomic E-state index is -3.50. The monoisotopic (exact) mass is 406 g/mol. The van der Waals surface area contributed by atoms with Gasteiger partial charge in [-0.3, -0.25) is 4.79 Å². The number of benzene rings is 1. The molecule has 0 radical (unpaired) electrons. The molecule has 0 atom stereocenters. The lowest BCUT2D eigenvalue weighted by molar-refractivity contribution is 0.0949. The first-order valence-electron chi connectivity index (χ1n) is 7.64. The molecule has 140 valence electrons. The predicted octanol–water partition coefficient (Wildman–Crippen LogP) is 1.23. The summed E-state index contributed by atoms with van der Waals surface area (Å²) in [7, 11) is -3.50. The van der Waals surface area contributed by atoms with Crippen molar-refractivity contribution in [2.24, 2.45) is 0 Å². The number of carbonyl (C=O) groups is 1. The van der Waals surface area contributed by atoms with Gasteiger partial charge in [0.1, 0.15) is 6.33 Å². The lowest BCUT2D eigenvalue weighted by atomic mass is 10.2. The minimum Gasteiger partial charge on any atom is -0.397 e. The van der Waals surface area contributed by atoms with E-state index in [1.165, 1.54) is 35.4 Å². The summed E-state index contributed by atoms with van der Waals surface area (Å²) in [6, 6.07) is 7.29. The quantitative estimate of drug-likeness (QED) is 0.650. The molecular weight excluding hydrogens is 392 g/mol. The first-order chi connectivity index (χ1) is 12.7. The fourth-order valence-electron chi connectivity index (χ4n) is 2.27. The largest absolute Gasteiger partial charge is 0.397 e. The van der Waals surface area contributed by atoms with E-state index in [1.54, 1.807) is 12.1 Å². The molecule has 0 aliphatic rings. The molecule has 2 heterocycles. The lowest BCUT2D eigenvalue weighted by Gasteiger charge is -2.08. The van der Waals surface area contributed by atoms with Crippen molar-refractivity contribution in [3.63, 3.8) is 0 Å². The molecule has 0 saturated heterocycles. The van der Waals surface area contributed by atoms with Crippen molar-refractivity contribution in [3.8, 4) is 5.82 Å². The fraction of sp³-hybridized carbons (Fsp3) is 0.125. The lowest BCUT2D eigenvalue weighted by Crippen LogP contribution is -2.25. The Morgan fingerprint density at radius 2 is 2.04 bits per heavy atom. The Morgan fingerprint density at radius 3 is 2.70 bits per heavy atom. The predicted molar refractivity (Wildman–Crippen MR) is 99.3 cm³/mol. The van der Waals surface area contributed by atoms with Gasteiger partial charge in [0, 0.05) is 16.8 Å². The summed E-state index contributed by atoms with van der Waals surface area (Å²) >= 11 is 5.93. The van der Waals surface area contributed by atoms with E-state index >= 15 is 0 Å². The molecule has 0 fully saturated rings. The Bertz CT molecular complexity index is 1100. The number of nitrogens with one attached hydrogen (secondary N) is 1. The normalized spacial score (nSPS) is 11.3. The van der Waals surface area contributed by atoms with Gasteiger partial charge < -0.3 is 11.1 Å². The second-order valence-corrected chi connectivity index (χ2v) is 8.12. The van der Waals surface area contributed by atoms with E-state index in [2.05, 4.69) is 20.4 Å². The Labute approximate surface area is 160 Å². The number of halogens is 1. The molecule has 27 heavy (non-hydrogen) atoms. The number of carbonyl (C=O) groups excluding carboxylic acids is 1. The molecule has 0 unspecified atom stereocenters. The molecule has 0 bridgehead atoms. The zero-order valence-corrected chi connectivity index (χ0v) is 15.7. The highest BCUT2D eigenvalue weighted by Gasteiger charge is 2.15. The maximum Gasteiger partial charge on any atom is 0.251 e. The third-order valence-corrected chi connectivity index (χ3v) is 4.89. The van der Waals surface area contributed by atoms with Crippen LogP contribution in [0.25, 0.3) is 5.82 Å². The summed E-state index contributed by atoms with van der Waals surface area (Å²) < 4.78 is 24.9. The van der Waals surface area contributed by atoms with Crippen molar-refractivity contribution in [1.29, 1.82) is 0 Å². The van der Waals surface area contributed by atoms with Gasteiger partial charge in [-0.15, -0.1) is 0 Å². The van der Waals surface area contributed by atoms with Crippen LogP contribution in [-0.4, -0.2) is 40.3 Å². The maximum absolute atomic E-state index is 12.4. The van der Waals surface area contributed by atoms with Crippen LogP contribution >= 0.6 is 11.6 Å². The number of nitrogen functional groups attached to an aromatic ring is 1. The van der Waals surface area contributed by atoms with E-state index in [0.29, 0.717) is 17.3 Å². The fourth-order valence-corrected chi connectivity index (χ4v) is 3.25. The molecule has 3 N–H and O–H groups in total. The van der Waals surface area contributed by atoms with Crippen LogP contribution in [0.15, 0.2) is 47.8 Å². The van der Waals surface area contributed by atoms with Crippen molar-refractivity contribution in [3.05, 3.63) is 59.3 Å². The number of amides is 1. The van der Waals surface area contributed by atoms with Gasteiger partial charge in [-0.25, -0.2) is 18.4 Å². The van der Waals surface area contributed by atoms with Crippen LogP contribution in [-0.2, 0) is 16.4 Å². The highest BCUT2D eigenvalue weighted by atomic mass is 35.5. The van der Waals surface area contributed by atoms with E-state index in [9.17, 15) is 13.2 Å². The molecule has 0 spiro atoms. The number of hydrogen-bond donors (Lipinski definition) is 2. The molecule has 1 amide bonds. The second-order valence-electron chi connectivity index (χ2n) is 5.67. The molecule has 2 aromatic heterocycles. The van der Waals surface area contributed by atoms with Gasteiger partial charge >= 0.3 is 0 Å². The second kappa shape index (κ2) is 7.33. The molecule has 3 aromatic rings. The van der Waals surface area contributed by atoms with Crippen LogP contribution in [0, 0.1) is 0 Å². The summed E-state index contributed by atoms with van der Waals surface area (Å²) in [5, 5.41) is 6.89. The smallest absolute Gasteiger partial charge is 0.251 e. The highest BCUT2D eigenvalue weighted by Crippen LogP contribution is 2.19. The Kier molecular flexibility index (Phi) is 5.10.